The Labute approximate surface area is 190 Å². The predicted molar refractivity (Wildman–Crippen MR) is 114 cm³/mol. The van der Waals surface area contributed by atoms with E-state index >= 15 is 0 Å². The van der Waals surface area contributed by atoms with Gasteiger partial charge in [0.15, 0.2) is 0 Å². The number of amides is 2. The molecule has 1 aliphatic carbocycles. The van der Waals surface area contributed by atoms with Gasteiger partial charge >= 0.3 is 12.5 Å². The lowest BCUT2D eigenvalue weighted by molar-refractivity contribution is -0.274. The van der Waals surface area contributed by atoms with E-state index in [-0.39, 0.29) is 30.2 Å². The van der Waals surface area contributed by atoms with Crippen LogP contribution in [-0.4, -0.2) is 64.5 Å². The van der Waals surface area contributed by atoms with E-state index in [2.05, 4.69) is 10.1 Å². The molecule has 3 atom stereocenters. The highest BCUT2D eigenvalue weighted by molar-refractivity contribution is 5.85. The van der Waals surface area contributed by atoms with Crippen LogP contribution in [0.5, 0.6) is 5.75 Å². The molecule has 2 fully saturated rings. The number of alkyl halides is 3. The van der Waals surface area contributed by atoms with Gasteiger partial charge in [0.1, 0.15) is 5.75 Å². The lowest BCUT2D eigenvalue weighted by atomic mass is 9.78. The fourth-order valence-corrected chi connectivity index (χ4v) is 5.93. The van der Waals surface area contributed by atoms with Gasteiger partial charge in [-0.25, -0.2) is 4.79 Å². The quantitative estimate of drug-likeness (QED) is 0.707. The minimum absolute atomic E-state index is 0.0143. The molecule has 0 bridgehead atoms. The Morgan fingerprint density at radius 2 is 1.97 bits per heavy atom. The predicted octanol–water partition coefficient (Wildman–Crippen LogP) is 3.62. The van der Waals surface area contributed by atoms with Crippen molar-refractivity contribution >= 4 is 12.0 Å². The molecule has 3 aliphatic rings. The van der Waals surface area contributed by atoms with Gasteiger partial charge in [0.25, 0.3) is 0 Å². The molecule has 1 aromatic rings. The lowest BCUT2D eigenvalue weighted by Crippen LogP contribution is -2.52. The van der Waals surface area contributed by atoms with Crippen LogP contribution in [0.25, 0.3) is 0 Å². The van der Waals surface area contributed by atoms with Crippen LogP contribution in [0.15, 0.2) is 18.2 Å². The number of rotatable bonds is 3. The van der Waals surface area contributed by atoms with Gasteiger partial charge in [-0.05, 0) is 75.8 Å². The Bertz CT molecular complexity index is 946. The van der Waals surface area contributed by atoms with E-state index in [0.29, 0.717) is 44.5 Å². The average molecular weight is 470 g/mol. The largest absolute Gasteiger partial charge is 0.573 e. The van der Waals surface area contributed by atoms with E-state index in [0.717, 1.165) is 5.56 Å². The van der Waals surface area contributed by atoms with Crippen molar-refractivity contribution < 1.29 is 32.6 Å². The van der Waals surface area contributed by atoms with Crippen LogP contribution in [-0.2, 0) is 17.8 Å². The summed E-state index contributed by atoms with van der Waals surface area (Å²) < 4.78 is 41.9. The van der Waals surface area contributed by atoms with Gasteiger partial charge in [0.2, 0.25) is 5.91 Å². The SMILES string of the molecule is CC(C)(C)N(C(=O)O)[C@@H]1C[C@H]2CNC[C@@]2(C(=O)N2CCc3ccc(OC(F)(F)F)cc3C2)C1. The average Bonchev–Trinajstić information content (AvgIpc) is 3.22. The Morgan fingerprint density at radius 3 is 2.61 bits per heavy atom. The molecule has 1 saturated heterocycles. The first-order chi connectivity index (χ1) is 15.3. The highest BCUT2D eigenvalue weighted by Crippen LogP contribution is 2.50. The Balaban J connectivity index is 1.55. The van der Waals surface area contributed by atoms with Crippen LogP contribution >= 0.6 is 0 Å². The van der Waals surface area contributed by atoms with Gasteiger partial charge in [-0.3, -0.25) is 4.79 Å². The summed E-state index contributed by atoms with van der Waals surface area (Å²) in [6.07, 6.45) is -4.17. The van der Waals surface area contributed by atoms with Crippen molar-refractivity contribution in [3.63, 3.8) is 0 Å². The number of carboxylic acid groups (broad SMARTS) is 1. The molecule has 182 valence electrons. The van der Waals surface area contributed by atoms with Gasteiger partial charge in [-0.1, -0.05) is 6.07 Å². The molecule has 1 saturated carbocycles. The highest BCUT2D eigenvalue weighted by Gasteiger charge is 2.58. The zero-order valence-corrected chi connectivity index (χ0v) is 19.0. The summed E-state index contributed by atoms with van der Waals surface area (Å²) >= 11 is 0. The molecule has 2 aliphatic heterocycles. The van der Waals surface area contributed by atoms with Gasteiger partial charge in [0, 0.05) is 31.2 Å². The smallest absolute Gasteiger partial charge is 0.465 e. The first-order valence-corrected chi connectivity index (χ1v) is 11.2. The lowest BCUT2D eigenvalue weighted by Gasteiger charge is -2.40. The number of benzene rings is 1. The molecular formula is C23H30F3N3O4. The Hall–Kier alpha value is -2.49. The number of ether oxygens (including phenoxy) is 1. The zero-order chi connectivity index (χ0) is 24.2. The molecule has 0 aromatic heterocycles. The number of hydrogen-bond donors (Lipinski definition) is 2. The summed E-state index contributed by atoms with van der Waals surface area (Å²) in [4.78, 5) is 29.0. The number of nitrogens with zero attached hydrogens (tertiary/aromatic N) is 2. The third-order valence-corrected chi connectivity index (χ3v) is 7.20. The number of hydrogen-bond acceptors (Lipinski definition) is 4. The van der Waals surface area contributed by atoms with Crippen molar-refractivity contribution in [1.29, 1.82) is 0 Å². The second-order valence-corrected chi connectivity index (χ2v) is 10.4. The molecule has 0 spiro atoms. The summed E-state index contributed by atoms with van der Waals surface area (Å²) in [7, 11) is 0. The molecule has 2 N–H and O–H groups in total. The van der Waals surface area contributed by atoms with E-state index < -0.39 is 23.4 Å². The molecule has 2 amide bonds. The molecule has 1 aromatic carbocycles. The van der Waals surface area contributed by atoms with Crippen molar-refractivity contribution in [1.82, 2.24) is 15.1 Å². The van der Waals surface area contributed by atoms with Crippen LogP contribution in [0, 0.1) is 11.3 Å². The molecule has 10 heteroatoms. The standard InChI is InChI=1S/C23H30F3N3O4/c1-21(2,3)29(20(31)32)17-9-16-11-27-13-22(16,10-17)19(30)28-7-6-14-4-5-18(8-15(14)12-28)33-23(24,25)26/h4-5,8,16-17,27H,6-7,9-13H2,1-3H3,(H,31,32)/t16-,17+,22-/m0/s1. The summed E-state index contributed by atoms with van der Waals surface area (Å²) in [5, 5.41) is 13.2. The van der Waals surface area contributed by atoms with E-state index in [1.54, 1.807) is 11.0 Å². The van der Waals surface area contributed by atoms with Gasteiger partial charge in [-0.15, -0.1) is 13.2 Å². The minimum Gasteiger partial charge on any atom is -0.465 e. The third-order valence-electron chi connectivity index (χ3n) is 7.20. The van der Waals surface area contributed by atoms with Crippen molar-refractivity contribution in [3.05, 3.63) is 29.3 Å². The van der Waals surface area contributed by atoms with Crippen LogP contribution in [0.1, 0.15) is 44.7 Å². The fraction of sp³-hybridized carbons (Fsp3) is 0.652. The first-order valence-electron chi connectivity index (χ1n) is 11.2. The summed E-state index contributed by atoms with van der Waals surface area (Å²) in [5.74, 6) is -0.329. The Kier molecular flexibility index (Phi) is 5.79. The van der Waals surface area contributed by atoms with Crippen LogP contribution in [0.2, 0.25) is 0 Å². The number of carbonyl (C=O) groups excluding carboxylic acids is 1. The van der Waals surface area contributed by atoms with E-state index in [4.69, 9.17) is 0 Å². The van der Waals surface area contributed by atoms with E-state index in [1.165, 1.54) is 17.0 Å². The zero-order valence-electron chi connectivity index (χ0n) is 19.0. The minimum atomic E-state index is -4.78. The number of halogens is 3. The van der Waals surface area contributed by atoms with Crippen LogP contribution in [0.4, 0.5) is 18.0 Å². The first kappa shape index (κ1) is 23.7. The molecule has 0 radical (unpaired) electrons. The van der Waals surface area contributed by atoms with Crippen LogP contribution < -0.4 is 10.1 Å². The van der Waals surface area contributed by atoms with Gasteiger partial charge in [-0.2, -0.15) is 0 Å². The van der Waals surface area contributed by atoms with Gasteiger partial charge in [0.05, 0.1) is 5.41 Å². The molecule has 7 nitrogen and oxygen atoms in total. The van der Waals surface area contributed by atoms with Crippen molar-refractivity contribution in [2.75, 3.05) is 19.6 Å². The summed E-state index contributed by atoms with van der Waals surface area (Å²) in [5.41, 5.74) is 0.250. The van der Waals surface area contributed by atoms with Crippen LogP contribution in [0.3, 0.4) is 0 Å². The molecule has 33 heavy (non-hydrogen) atoms. The van der Waals surface area contributed by atoms with E-state index in [1.807, 2.05) is 20.8 Å². The monoisotopic (exact) mass is 469 g/mol. The number of nitrogens with one attached hydrogen (secondary N) is 1. The Morgan fingerprint density at radius 1 is 1.24 bits per heavy atom. The number of fused-ring (bicyclic) bond motifs is 2. The maximum Gasteiger partial charge on any atom is 0.573 e. The summed E-state index contributed by atoms with van der Waals surface area (Å²) in [6.45, 7) is 7.37. The molecule has 0 unspecified atom stereocenters. The maximum atomic E-state index is 13.8. The third kappa shape index (κ3) is 4.49. The molecular weight excluding hydrogens is 439 g/mol. The fourth-order valence-electron chi connectivity index (χ4n) is 5.93. The van der Waals surface area contributed by atoms with Gasteiger partial charge < -0.3 is 25.0 Å². The van der Waals surface area contributed by atoms with E-state index in [9.17, 15) is 27.9 Å². The second kappa shape index (κ2) is 8.07. The van der Waals surface area contributed by atoms with Crippen molar-refractivity contribution in [2.45, 2.75) is 64.5 Å². The van der Waals surface area contributed by atoms with Crippen molar-refractivity contribution in [3.8, 4) is 5.75 Å². The topological polar surface area (TPSA) is 82.1 Å². The summed E-state index contributed by atoms with van der Waals surface area (Å²) in [6, 6.07) is 4.01. The molecule has 2 heterocycles. The normalized spacial score (nSPS) is 27.2. The van der Waals surface area contributed by atoms with Crippen molar-refractivity contribution in [2.24, 2.45) is 11.3 Å². The molecule has 4 rings (SSSR count). The maximum absolute atomic E-state index is 13.8. The highest BCUT2D eigenvalue weighted by atomic mass is 19.4. The number of carbonyl (C=O) groups is 2. The second-order valence-electron chi connectivity index (χ2n) is 10.4.